The molecule has 0 aliphatic heterocycles. The number of benzene rings is 1. The van der Waals surface area contributed by atoms with Gasteiger partial charge in [-0.15, -0.1) is 0 Å². The van der Waals surface area contributed by atoms with Crippen molar-refractivity contribution >= 4 is 15.5 Å². The topological polar surface area (TPSA) is 60.2 Å². The van der Waals surface area contributed by atoms with Gasteiger partial charge in [-0.25, -0.2) is 8.42 Å². The van der Waals surface area contributed by atoms with Crippen LogP contribution in [0, 0.1) is 0 Å². The summed E-state index contributed by atoms with van der Waals surface area (Å²) in [6.07, 6.45) is -3.82. The number of alkyl halides is 3. The first-order valence-electron chi connectivity index (χ1n) is 5.38. The van der Waals surface area contributed by atoms with Gasteiger partial charge >= 0.3 is 6.18 Å². The SMILES string of the molecule is CCCCS(=O)(=O)c1ccc(N)cc1C(F)(F)F. The Balaban J connectivity index is 3.33. The lowest BCUT2D eigenvalue weighted by Gasteiger charge is -2.13. The molecular weight excluding hydrogens is 267 g/mol. The van der Waals surface area contributed by atoms with Gasteiger partial charge in [0, 0.05) is 5.69 Å². The molecular formula is C11H14F3NO2S. The van der Waals surface area contributed by atoms with E-state index in [0.717, 1.165) is 12.1 Å². The lowest BCUT2D eigenvalue weighted by Crippen LogP contribution is -2.16. The molecule has 102 valence electrons. The van der Waals surface area contributed by atoms with Crippen LogP contribution in [-0.4, -0.2) is 14.2 Å². The lowest BCUT2D eigenvalue weighted by atomic mass is 10.2. The van der Waals surface area contributed by atoms with Gasteiger partial charge in [0.1, 0.15) is 0 Å². The highest BCUT2D eigenvalue weighted by molar-refractivity contribution is 7.91. The standard InChI is InChI=1S/C11H14F3NO2S/c1-2-3-6-18(16,17)10-5-4-8(15)7-9(10)11(12,13)14/h4-5,7H,2-3,6,15H2,1H3. The van der Waals surface area contributed by atoms with Crippen molar-refractivity contribution in [1.29, 1.82) is 0 Å². The van der Waals surface area contributed by atoms with Crippen LogP contribution in [0.4, 0.5) is 18.9 Å². The van der Waals surface area contributed by atoms with Gasteiger partial charge in [-0.1, -0.05) is 13.3 Å². The summed E-state index contributed by atoms with van der Waals surface area (Å²) in [6.45, 7) is 1.77. The summed E-state index contributed by atoms with van der Waals surface area (Å²) < 4.78 is 61.9. The molecule has 0 amide bonds. The number of rotatable bonds is 4. The van der Waals surface area contributed by atoms with Crippen molar-refractivity contribution in [2.24, 2.45) is 0 Å². The molecule has 2 N–H and O–H groups in total. The Morgan fingerprint density at radius 2 is 1.89 bits per heavy atom. The van der Waals surface area contributed by atoms with Crippen LogP contribution >= 0.6 is 0 Å². The van der Waals surface area contributed by atoms with Crippen molar-refractivity contribution in [3.05, 3.63) is 23.8 Å². The van der Waals surface area contributed by atoms with Crippen LogP contribution in [0.15, 0.2) is 23.1 Å². The molecule has 0 radical (unpaired) electrons. The molecule has 18 heavy (non-hydrogen) atoms. The molecule has 0 bridgehead atoms. The second kappa shape index (κ2) is 5.17. The average Bonchev–Trinajstić information content (AvgIpc) is 2.25. The number of hydrogen-bond acceptors (Lipinski definition) is 3. The molecule has 0 aliphatic rings. The molecule has 0 unspecified atom stereocenters. The molecule has 0 saturated heterocycles. The van der Waals surface area contributed by atoms with Gasteiger partial charge in [-0.05, 0) is 24.6 Å². The minimum absolute atomic E-state index is 0.114. The normalized spacial score (nSPS) is 12.7. The fraction of sp³-hybridized carbons (Fsp3) is 0.455. The minimum Gasteiger partial charge on any atom is -0.399 e. The predicted molar refractivity (Wildman–Crippen MR) is 62.8 cm³/mol. The van der Waals surface area contributed by atoms with Gasteiger partial charge in [0.05, 0.1) is 16.2 Å². The first kappa shape index (κ1) is 14.8. The highest BCUT2D eigenvalue weighted by Gasteiger charge is 2.37. The zero-order chi connectivity index (χ0) is 14.0. The maximum absolute atomic E-state index is 12.8. The van der Waals surface area contributed by atoms with E-state index in [1.807, 2.05) is 0 Å². The van der Waals surface area contributed by atoms with E-state index in [4.69, 9.17) is 5.73 Å². The molecule has 0 spiro atoms. The first-order chi connectivity index (χ1) is 8.18. The second-order valence-corrected chi connectivity index (χ2v) is 6.00. The van der Waals surface area contributed by atoms with Gasteiger partial charge in [-0.3, -0.25) is 0 Å². The molecule has 1 aromatic rings. The van der Waals surface area contributed by atoms with Crippen molar-refractivity contribution in [2.75, 3.05) is 11.5 Å². The van der Waals surface area contributed by atoms with E-state index in [9.17, 15) is 21.6 Å². The van der Waals surface area contributed by atoms with E-state index in [1.165, 1.54) is 0 Å². The Bertz CT molecular complexity index is 524. The van der Waals surface area contributed by atoms with E-state index in [0.29, 0.717) is 18.9 Å². The van der Waals surface area contributed by atoms with Crippen LogP contribution < -0.4 is 5.73 Å². The zero-order valence-electron chi connectivity index (χ0n) is 9.79. The van der Waals surface area contributed by atoms with Crippen molar-refractivity contribution in [1.82, 2.24) is 0 Å². The number of anilines is 1. The summed E-state index contributed by atoms with van der Waals surface area (Å²) in [7, 11) is -3.93. The minimum atomic E-state index is -4.73. The number of unbranched alkanes of at least 4 members (excludes halogenated alkanes) is 1. The fourth-order valence-corrected chi connectivity index (χ4v) is 3.16. The third kappa shape index (κ3) is 3.38. The molecule has 0 fully saturated rings. The molecule has 0 saturated carbocycles. The molecule has 7 heteroatoms. The maximum Gasteiger partial charge on any atom is 0.417 e. The Morgan fingerprint density at radius 3 is 2.39 bits per heavy atom. The van der Waals surface area contributed by atoms with Crippen molar-refractivity contribution in [2.45, 2.75) is 30.8 Å². The molecule has 1 aromatic carbocycles. The molecule has 0 aromatic heterocycles. The number of sulfone groups is 1. The average molecular weight is 281 g/mol. The Morgan fingerprint density at radius 1 is 1.28 bits per heavy atom. The van der Waals surface area contributed by atoms with E-state index in [1.54, 1.807) is 6.92 Å². The van der Waals surface area contributed by atoms with Crippen LogP contribution in [-0.2, 0) is 16.0 Å². The van der Waals surface area contributed by atoms with E-state index < -0.39 is 26.5 Å². The summed E-state index contributed by atoms with van der Waals surface area (Å²) in [6, 6.07) is 2.73. The highest BCUT2D eigenvalue weighted by atomic mass is 32.2. The summed E-state index contributed by atoms with van der Waals surface area (Å²) in [5, 5.41) is 0. The van der Waals surface area contributed by atoms with Crippen LogP contribution in [0.2, 0.25) is 0 Å². The second-order valence-electron chi connectivity index (χ2n) is 3.93. The number of halogens is 3. The molecule has 3 nitrogen and oxygen atoms in total. The Kier molecular flexibility index (Phi) is 4.26. The van der Waals surface area contributed by atoms with Crippen molar-refractivity contribution < 1.29 is 21.6 Å². The fourth-order valence-electron chi connectivity index (χ4n) is 1.48. The molecule has 1 rings (SSSR count). The van der Waals surface area contributed by atoms with Crippen molar-refractivity contribution in [3.8, 4) is 0 Å². The first-order valence-corrected chi connectivity index (χ1v) is 7.03. The quantitative estimate of drug-likeness (QED) is 0.863. The van der Waals surface area contributed by atoms with Crippen LogP contribution in [0.1, 0.15) is 25.3 Å². The number of hydrogen-bond donors (Lipinski definition) is 1. The van der Waals surface area contributed by atoms with Gasteiger partial charge in [0.15, 0.2) is 9.84 Å². The van der Waals surface area contributed by atoms with Gasteiger partial charge < -0.3 is 5.73 Å². The third-order valence-corrected chi connectivity index (χ3v) is 4.26. The molecule has 0 aliphatic carbocycles. The van der Waals surface area contributed by atoms with E-state index in [-0.39, 0.29) is 11.4 Å². The molecule has 0 heterocycles. The monoisotopic (exact) mass is 281 g/mol. The largest absolute Gasteiger partial charge is 0.417 e. The Labute approximate surface area is 104 Å². The lowest BCUT2D eigenvalue weighted by molar-refractivity contribution is -0.139. The predicted octanol–water partition coefficient (Wildman–Crippen LogP) is 2.86. The maximum atomic E-state index is 12.8. The van der Waals surface area contributed by atoms with Gasteiger partial charge in [-0.2, -0.15) is 13.2 Å². The number of nitrogens with two attached hydrogens (primary N) is 1. The van der Waals surface area contributed by atoms with Crippen LogP contribution in [0.3, 0.4) is 0 Å². The Hall–Kier alpha value is -1.24. The summed E-state index contributed by atoms with van der Waals surface area (Å²) >= 11 is 0. The van der Waals surface area contributed by atoms with E-state index in [2.05, 4.69) is 0 Å². The summed E-state index contributed by atoms with van der Waals surface area (Å²) in [5.74, 6) is -0.295. The summed E-state index contributed by atoms with van der Waals surface area (Å²) in [5.41, 5.74) is 3.96. The van der Waals surface area contributed by atoms with E-state index >= 15 is 0 Å². The van der Waals surface area contributed by atoms with Crippen molar-refractivity contribution in [3.63, 3.8) is 0 Å². The number of nitrogen functional groups attached to an aromatic ring is 1. The molecule has 0 atom stereocenters. The highest BCUT2D eigenvalue weighted by Crippen LogP contribution is 2.35. The zero-order valence-corrected chi connectivity index (χ0v) is 10.6. The summed E-state index contributed by atoms with van der Waals surface area (Å²) in [4.78, 5) is -0.697. The third-order valence-electron chi connectivity index (χ3n) is 2.41. The van der Waals surface area contributed by atoms with Crippen LogP contribution in [0.5, 0.6) is 0 Å². The van der Waals surface area contributed by atoms with Gasteiger partial charge in [0.25, 0.3) is 0 Å². The van der Waals surface area contributed by atoms with Gasteiger partial charge in [0.2, 0.25) is 0 Å². The van der Waals surface area contributed by atoms with Crippen LogP contribution in [0.25, 0.3) is 0 Å². The smallest absolute Gasteiger partial charge is 0.399 e.